The minimum atomic E-state index is -0.261. The fraction of sp³-hybridized carbons (Fsp3) is 0.708. The van der Waals surface area contributed by atoms with Crippen molar-refractivity contribution < 1.29 is 9.53 Å². The molecule has 1 aliphatic carbocycles. The summed E-state index contributed by atoms with van der Waals surface area (Å²) in [4.78, 5) is 36.1. The molecule has 3 aliphatic rings. The van der Waals surface area contributed by atoms with Crippen LogP contribution in [-0.4, -0.2) is 51.4 Å². The molecule has 6 nitrogen and oxygen atoms in total. The van der Waals surface area contributed by atoms with Crippen molar-refractivity contribution in [3.63, 3.8) is 0 Å². The topological polar surface area (TPSA) is 64.4 Å². The van der Waals surface area contributed by atoms with Gasteiger partial charge in [-0.25, -0.2) is 4.98 Å². The SMILES string of the molecule is CC(Sc1nc2sc3c(c2c(=O)n1CC1CCCO1)CCCC3)C(=O)N1CCCCCC1. The van der Waals surface area contributed by atoms with Crippen molar-refractivity contribution in [3.8, 4) is 0 Å². The van der Waals surface area contributed by atoms with Crippen LogP contribution in [0.3, 0.4) is 0 Å². The minimum absolute atomic E-state index is 0.0531. The lowest BCUT2D eigenvalue weighted by Crippen LogP contribution is -2.37. The quantitative estimate of drug-likeness (QED) is 0.474. The first-order valence-electron chi connectivity index (χ1n) is 12.2. The Morgan fingerprint density at radius 3 is 2.69 bits per heavy atom. The van der Waals surface area contributed by atoms with E-state index in [0.29, 0.717) is 11.7 Å². The van der Waals surface area contributed by atoms with Gasteiger partial charge in [0.2, 0.25) is 5.91 Å². The van der Waals surface area contributed by atoms with E-state index in [4.69, 9.17) is 9.72 Å². The Morgan fingerprint density at radius 2 is 1.94 bits per heavy atom. The van der Waals surface area contributed by atoms with Crippen LogP contribution in [0.15, 0.2) is 9.95 Å². The molecule has 4 heterocycles. The van der Waals surface area contributed by atoms with E-state index in [0.717, 1.165) is 74.9 Å². The number of thioether (sulfide) groups is 1. The maximum absolute atomic E-state index is 13.7. The molecule has 0 spiro atoms. The molecule has 0 saturated carbocycles. The predicted octanol–water partition coefficient (Wildman–Crippen LogP) is 4.40. The molecule has 2 saturated heterocycles. The number of likely N-dealkylation sites (tertiary alicyclic amines) is 1. The Kier molecular flexibility index (Phi) is 6.90. The number of fused-ring (bicyclic) bond motifs is 3. The van der Waals surface area contributed by atoms with Gasteiger partial charge in [-0.05, 0) is 63.9 Å². The number of aromatic nitrogens is 2. The van der Waals surface area contributed by atoms with Gasteiger partial charge in [0.05, 0.1) is 23.3 Å². The largest absolute Gasteiger partial charge is 0.376 e. The molecule has 174 valence electrons. The van der Waals surface area contributed by atoms with Crippen molar-refractivity contribution in [1.82, 2.24) is 14.5 Å². The molecule has 2 atom stereocenters. The third-order valence-electron chi connectivity index (χ3n) is 7.00. The van der Waals surface area contributed by atoms with Crippen LogP contribution in [0, 0.1) is 0 Å². The summed E-state index contributed by atoms with van der Waals surface area (Å²) in [6.07, 6.45) is 11.0. The first-order chi connectivity index (χ1) is 15.6. The average Bonchev–Trinajstić information content (AvgIpc) is 3.35. The van der Waals surface area contributed by atoms with Crippen molar-refractivity contribution in [2.45, 2.75) is 94.2 Å². The molecule has 2 fully saturated rings. The van der Waals surface area contributed by atoms with Crippen molar-refractivity contribution in [2.75, 3.05) is 19.7 Å². The van der Waals surface area contributed by atoms with Crippen LogP contribution in [0.2, 0.25) is 0 Å². The Hall–Kier alpha value is -1.38. The third-order valence-corrected chi connectivity index (χ3v) is 9.26. The van der Waals surface area contributed by atoms with Crippen molar-refractivity contribution in [3.05, 3.63) is 20.8 Å². The van der Waals surface area contributed by atoms with Crippen LogP contribution >= 0.6 is 23.1 Å². The van der Waals surface area contributed by atoms with Gasteiger partial charge in [0, 0.05) is 24.6 Å². The number of amides is 1. The molecular formula is C24H33N3O3S2. The van der Waals surface area contributed by atoms with Crippen LogP contribution in [0.5, 0.6) is 0 Å². The van der Waals surface area contributed by atoms with Gasteiger partial charge in [-0.3, -0.25) is 14.2 Å². The highest BCUT2D eigenvalue weighted by atomic mass is 32.2. The van der Waals surface area contributed by atoms with E-state index in [-0.39, 0.29) is 22.8 Å². The monoisotopic (exact) mass is 475 g/mol. The van der Waals surface area contributed by atoms with E-state index in [1.807, 2.05) is 16.4 Å². The summed E-state index contributed by atoms with van der Waals surface area (Å²) in [5.41, 5.74) is 1.28. The summed E-state index contributed by atoms with van der Waals surface area (Å²) in [5.74, 6) is 0.167. The zero-order valence-electron chi connectivity index (χ0n) is 18.9. The summed E-state index contributed by atoms with van der Waals surface area (Å²) < 4.78 is 7.68. The lowest BCUT2D eigenvalue weighted by atomic mass is 9.97. The molecule has 0 aromatic carbocycles. The number of aryl methyl sites for hydroxylation is 2. The minimum Gasteiger partial charge on any atom is -0.376 e. The maximum atomic E-state index is 13.7. The van der Waals surface area contributed by atoms with Crippen LogP contribution in [0.1, 0.15) is 68.7 Å². The van der Waals surface area contributed by atoms with E-state index in [1.165, 1.54) is 41.5 Å². The highest BCUT2D eigenvalue weighted by Gasteiger charge is 2.28. The zero-order valence-corrected chi connectivity index (χ0v) is 20.6. The molecule has 0 N–H and O–H groups in total. The highest BCUT2D eigenvalue weighted by Crippen LogP contribution is 2.35. The number of carbonyl (C=O) groups is 1. The maximum Gasteiger partial charge on any atom is 0.263 e. The molecule has 2 unspecified atom stereocenters. The lowest BCUT2D eigenvalue weighted by molar-refractivity contribution is -0.130. The van der Waals surface area contributed by atoms with E-state index >= 15 is 0 Å². The number of thiophene rings is 1. The van der Waals surface area contributed by atoms with Gasteiger partial charge >= 0.3 is 0 Å². The number of nitrogens with zero attached hydrogens (tertiary/aromatic N) is 3. The fourth-order valence-corrected chi connectivity index (χ4v) is 7.52. The van der Waals surface area contributed by atoms with Gasteiger partial charge < -0.3 is 9.64 Å². The third kappa shape index (κ3) is 4.50. The number of hydrogen-bond donors (Lipinski definition) is 0. The summed E-state index contributed by atoms with van der Waals surface area (Å²) in [6, 6.07) is 0. The van der Waals surface area contributed by atoms with Gasteiger partial charge in [-0.15, -0.1) is 11.3 Å². The lowest BCUT2D eigenvalue weighted by Gasteiger charge is -2.24. The first kappa shape index (κ1) is 22.4. The van der Waals surface area contributed by atoms with Crippen LogP contribution in [-0.2, 0) is 28.9 Å². The standard InChI is InChI=1S/C24H33N3O3S2/c1-16(22(28)26-12-6-2-3-7-13-26)31-24-25-21-20(18-10-4-5-11-19(18)32-21)23(29)27(24)15-17-9-8-14-30-17/h16-17H,2-15H2,1H3. The number of hydrogen-bond acceptors (Lipinski definition) is 6. The smallest absolute Gasteiger partial charge is 0.263 e. The van der Waals surface area contributed by atoms with Gasteiger partial charge in [-0.1, -0.05) is 24.6 Å². The Morgan fingerprint density at radius 1 is 1.16 bits per heavy atom. The number of carbonyl (C=O) groups excluding carboxylic acids is 1. The van der Waals surface area contributed by atoms with Gasteiger partial charge in [0.1, 0.15) is 4.83 Å². The molecular weight excluding hydrogens is 442 g/mol. The van der Waals surface area contributed by atoms with Crippen LogP contribution in [0.4, 0.5) is 0 Å². The molecule has 2 aromatic heterocycles. The van der Waals surface area contributed by atoms with E-state index in [2.05, 4.69) is 0 Å². The van der Waals surface area contributed by atoms with Crippen LogP contribution < -0.4 is 5.56 Å². The molecule has 2 aliphatic heterocycles. The van der Waals surface area contributed by atoms with Crippen LogP contribution in [0.25, 0.3) is 10.2 Å². The number of rotatable bonds is 5. The second-order valence-electron chi connectivity index (χ2n) is 9.34. The van der Waals surface area contributed by atoms with Gasteiger partial charge in [0.15, 0.2) is 5.16 Å². The molecule has 1 amide bonds. The zero-order chi connectivity index (χ0) is 22.1. The Labute approximate surface area is 197 Å². The molecule has 32 heavy (non-hydrogen) atoms. The van der Waals surface area contributed by atoms with Crippen molar-refractivity contribution in [1.29, 1.82) is 0 Å². The summed E-state index contributed by atoms with van der Waals surface area (Å²) >= 11 is 3.13. The van der Waals surface area contributed by atoms with Crippen molar-refractivity contribution in [2.24, 2.45) is 0 Å². The molecule has 2 aromatic rings. The molecule has 0 bridgehead atoms. The Balaban J connectivity index is 1.48. The predicted molar refractivity (Wildman–Crippen MR) is 130 cm³/mol. The van der Waals surface area contributed by atoms with Gasteiger partial charge in [-0.2, -0.15) is 0 Å². The second-order valence-corrected chi connectivity index (χ2v) is 11.7. The second kappa shape index (κ2) is 9.85. The van der Waals surface area contributed by atoms with Crippen molar-refractivity contribution >= 4 is 39.2 Å². The average molecular weight is 476 g/mol. The van der Waals surface area contributed by atoms with Gasteiger partial charge in [0.25, 0.3) is 5.56 Å². The summed E-state index contributed by atoms with van der Waals surface area (Å²) in [7, 11) is 0. The molecule has 8 heteroatoms. The molecule has 5 rings (SSSR count). The first-order valence-corrected chi connectivity index (χ1v) is 13.9. The Bertz CT molecular complexity index is 1030. The highest BCUT2D eigenvalue weighted by molar-refractivity contribution is 8.00. The number of ether oxygens (including phenoxy) is 1. The normalized spacial score (nSPS) is 22.7. The molecule has 0 radical (unpaired) electrons. The van der Waals surface area contributed by atoms with E-state index in [1.54, 1.807) is 11.3 Å². The summed E-state index contributed by atoms with van der Waals surface area (Å²) in [6.45, 7) is 4.94. The summed E-state index contributed by atoms with van der Waals surface area (Å²) in [5, 5.41) is 1.23. The van der Waals surface area contributed by atoms with E-state index < -0.39 is 0 Å². The van der Waals surface area contributed by atoms with E-state index in [9.17, 15) is 9.59 Å². The fourth-order valence-electron chi connectivity index (χ4n) is 5.22.